The Bertz CT molecular complexity index is 1040. The fourth-order valence-corrected chi connectivity index (χ4v) is 3.06. The van der Waals surface area contributed by atoms with Crippen LogP contribution < -0.4 is 0 Å². The number of ketones is 1. The van der Waals surface area contributed by atoms with E-state index in [-0.39, 0.29) is 5.78 Å². The van der Waals surface area contributed by atoms with Gasteiger partial charge in [-0.25, -0.2) is 9.48 Å². The maximum atomic E-state index is 12.7. The molecule has 3 aromatic rings. The minimum Gasteiger partial charge on any atom is -0.451 e. The molecule has 1 atom stereocenters. The van der Waals surface area contributed by atoms with Crippen LogP contribution in [0.1, 0.15) is 51.3 Å². The van der Waals surface area contributed by atoms with Gasteiger partial charge in [0.25, 0.3) is 0 Å². The summed E-state index contributed by atoms with van der Waals surface area (Å²) in [5, 5.41) is 8.09. The molecule has 0 aliphatic rings. The lowest BCUT2D eigenvalue weighted by atomic mass is 9.96. The SMILES string of the molecule is CCn1nnc2cc(C(=O)O[C@H](C)C(=O)c3cc(C)c(C)cc3C)ccc21. The molecule has 0 fully saturated rings. The average molecular weight is 365 g/mol. The first kappa shape index (κ1) is 18.8. The third-order valence-electron chi connectivity index (χ3n) is 4.81. The number of rotatable bonds is 5. The fourth-order valence-electron chi connectivity index (χ4n) is 3.06. The second-order valence-corrected chi connectivity index (χ2v) is 6.77. The van der Waals surface area contributed by atoms with Crippen LogP contribution in [-0.4, -0.2) is 32.9 Å². The Hall–Kier alpha value is -3.02. The van der Waals surface area contributed by atoms with Crippen LogP contribution in [0.4, 0.5) is 0 Å². The zero-order chi connectivity index (χ0) is 19.7. The summed E-state index contributed by atoms with van der Waals surface area (Å²) in [6, 6.07) is 8.91. The Morgan fingerprint density at radius 3 is 2.48 bits per heavy atom. The summed E-state index contributed by atoms with van der Waals surface area (Å²) in [5.74, 6) is -0.757. The van der Waals surface area contributed by atoms with Gasteiger partial charge >= 0.3 is 5.97 Å². The summed E-state index contributed by atoms with van der Waals surface area (Å²) < 4.78 is 7.17. The van der Waals surface area contributed by atoms with Crippen molar-refractivity contribution in [2.45, 2.75) is 47.3 Å². The van der Waals surface area contributed by atoms with E-state index >= 15 is 0 Å². The van der Waals surface area contributed by atoms with Crippen LogP contribution in [0.15, 0.2) is 30.3 Å². The number of benzene rings is 2. The number of Topliss-reactive ketones (excluding diaryl/α,β-unsaturated/α-hetero) is 1. The van der Waals surface area contributed by atoms with Crippen molar-refractivity contribution in [1.29, 1.82) is 0 Å². The number of hydrogen-bond acceptors (Lipinski definition) is 5. The van der Waals surface area contributed by atoms with Crippen molar-refractivity contribution in [2.75, 3.05) is 0 Å². The molecule has 0 spiro atoms. The van der Waals surface area contributed by atoms with Gasteiger partial charge in [-0.1, -0.05) is 11.3 Å². The van der Waals surface area contributed by atoms with Crippen LogP contribution >= 0.6 is 0 Å². The summed E-state index contributed by atoms with van der Waals surface area (Å²) in [5.41, 5.74) is 5.44. The molecule has 0 radical (unpaired) electrons. The second kappa shape index (κ2) is 7.31. The lowest BCUT2D eigenvalue weighted by molar-refractivity contribution is 0.0318. The molecular weight excluding hydrogens is 342 g/mol. The summed E-state index contributed by atoms with van der Waals surface area (Å²) in [7, 11) is 0. The fraction of sp³-hybridized carbons (Fsp3) is 0.333. The molecule has 1 aromatic heterocycles. The predicted octanol–water partition coefficient (Wildman–Crippen LogP) is 3.80. The molecule has 1 heterocycles. The molecule has 0 aliphatic heterocycles. The second-order valence-electron chi connectivity index (χ2n) is 6.77. The van der Waals surface area contributed by atoms with Crippen molar-refractivity contribution in [3.8, 4) is 0 Å². The normalized spacial score (nSPS) is 12.2. The molecular formula is C21H23N3O3. The number of nitrogens with zero attached hydrogens (tertiary/aromatic N) is 3. The van der Waals surface area contributed by atoms with Gasteiger partial charge in [-0.15, -0.1) is 5.10 Å². The van der Waals surface area contributed by atoms with Crippen LogP contribution in [-0.2, 0) is 11.3 Å². The minimum absolute atomic E-state index is 0.207. The van der Waals surface area contributed by atoms with Crippen LogP contribution in [0.3, 0.4) is 0 Å². The third-order valence-corrected chi connectivity index (χ3v) is 4.81. The van der Waals surface area contributed by atoms with Gasteiger partial charge in [-0.3, -0.25) is 4.79 Å². The number of carbonyl (C=O) groups is 2. The minimum atomic E-state index is -0.875. The molecule has 27 heavy (non-hydrogen) atoms. The molecule has 6 nitrogen and oxygen atoms in total. The molecule has 0 saturated heterocycles. The number of fused-ring (bicyclic) bond motifs is 1. The number of carbonyl (C=O) groups excluding carboxylic acids is 2. The number of aryl methyl sites for hydroxylation is 4. The largest absolute Gasteiger partial charge is 0.451 e. The van der Waals surface area contributed by atoms with Crippen molar-refractivity contribution in [3.63, 3.8) is 0 Å². The first-order valence-corrected chi connectivity index (χ1v) is 8.98. The summed E-state index contributed by atoms with van der Waals surface area (Å²) in [6.45, 7) is 10.1. The van der Waals surface area contributed by atoms with Gasteiger partial charge in [0, 0.05) is 12.1 Å². The summed E-state index contributed by atoms with van der Waals surface area (Å²) in [6.07, 6.45) is -0.875. The highest BCUT2D eigenvalue weighted by Crippen LogP contribution is 2.19. The van der Waals surface area contributed by atoms with Crippen LogP contribution in [0.2, 0.25) is 0 Å². The highest BCUT2D eigenvalue weighted by atomic mass is 16.5. The highest BCUT2D eigenvalue weighted by molar-refractivity contribution is 6.03. The topological polar surface area (TPSA) is 74.1 Å². The Morgan fingerprint density at radius 1 is 1.07 bits per heavy atom. The van der Waals surface area contributed by atoms with E-state index < -0.39 is 12.1 Å². The third kappa shape index (κ3) is 3.60. The first-order chi connectivity index (χ1) is 12.8. The smallest absolute Gasteiger partial charge is 0.338 e. The molecule has 3 rings (SSSR count). The summed E-state index contributed by atoms with van der Waals surface area (Å²) >= 11 is 0. The van der Waals surface area contributed by atoms with Crippen LogP contribution in [0.5, 0.6) is 0 Å². The zero-order valence-corrected chi connectivity index (χ0v) is 16.2. The highest BCUT2D eigenvalue weighted by Gasteiger charge is 2.22. The van der Waals surface area contributed by atoms with Gasteiger partial charge in [0.05, 0.1) is 11.1 Å². The van der Waals surface area contributed by atoms with Crippen LogP contribution in [0.25, 0.3) is 11.0 Å². The Labute approximate surface area is 158 Å². The van der Waals surface area contributed by atoms with E-state index in [0.717, 1.165) is 22.2 Å². The van der Waals surface area contributed by atoms with E-state index in [4.69, 9.17) is 4.74 Å². The maximum Gasteiger partial charge on any atom is 0.338 e. The van der Waals surface area contributed by atoms with Crippen molar-refractivity contribution >= 4 is 22.8 Å². The van der Waals surface area contributed by atoms with Crippen molar-refractivity contribution in [3.05, 3.63) is 58.1 Å². The lowest BCUT2D eigenvalue weighted by Crippen LogP contribution is -2.25. The molecule has 6 heteroatoms. The van der Waals surface area contributed by atoms with Crippen molar-refractivity contribution < 1.29 is 14.3 Å². The van der Waals surface area contributed by atoms with Crippen LogP contribution in [0, 0.1) is 20.8 Å². The number of aromatic nitrogens is 3. The van der Waals surface area contributed by atoms with Gasteiger partial charge in [-0.2, -0.15) is 0 Å². The van der Waals surface area contributed by atoms with Crippen molar-refractivity contribution in [2.24, 2.45) is 0 Å². The van der Waals surface area contributed by atoms with E-state index in [1.54, 1.807) is 29.8 Å². The molecule has 140 valence electrons. The molecule has 0 N–H and O–H groups in total. The van der Waals surface area contributed by atoms with E-state index in [2.05, 4.69) is 10.3 Å². The quantitative estimate of drug-likeness (QED) is 0.508. The Morgan fingerprint density at radius 2 is 1.78 bits per heavy atom. The Balaban J connectivity index is 1.79. The number of esters is 1. The molecule has 0 amide bonds. The monoisotopic (exact) mass is 365 g/mol. The van der Waals surface area contributed by atoms with Gasteiger partial charge in [0.2, 0.25) is 5.78 Å². The predicted molar refractivity (Wildman–Crippen MR) is 103 cm³/mol. The number of hydrogen-bond donors (Lipinski definition) is 0. The standard InChI is InChI=1S/C21H23N3O3/c1-6-24-19-8-7-16(11-18(19)22-23-24)21(26)27-15(5)20(25)17-10-13(3)12(2)9-14(17)4/h7-11,15H,6H2,1-5H3/t15-/m1/s1. The van der Waals surface area contributed by atoms with Gasteiger partial charge in [0.15, 0.2) is 6.10 Å². The van der Waals surface area contributed by atoms with E-state index in [1.165, 1.54) is 0 Å². The van der Waals surface area contributed by atoms with E-state index in [1.807, 2.05) is 39.8 Å². The Kier molecular flexibility index (Phi) is 5.08. The van der Waals surface area contributed by atoms with Gasteiger partial charge in [-0.05, 0) is 75.6 Å². The average Bonchev–Trinajstić information content (AvgIpc) is 3.06. The maximum absolute atomic E-state index is 12.7. The van der Waals surface area contributed by atoms with Gasteiger partial charge in [0.1, 0.15) is 5.52 Å². The summed E-state index contributed by atoms with van der Waals surface area (Å²) in [4.78, 5) is 25.2. The molecule has 0 aliphatic carbocycles. The molecule has 0 saturated carbocycles. The number of ether oxygens (including phenoxy) is 1. The molecule has 0 bridgehead atoms. The molecule has 2 aromatic carbocycles. The zero-order valence-electron chi connectivity index (χ0n) is 16.2. The van der Waals surface area contributed by atoms with E-state index in [0.29, 0.717) is 23.2 Å². The van der Waals surface area contributed by atoms with Crippen molar-refractivity contribution in [1.82, 2.24) is 15.0 Å². The van der Waals surface area contributed by atoms with Gasteiger partial charge < -0.3 is 4.74 Å². The van der Waals surface area contributed by atoms with E-state index in [9.17, 15) is 9.59 Å². The molecule has 0 unspecified atom stereocenters. The first-order valence-electron chi connectivity index (χ1n) is 8.98. The lowest BCUT2D eigenvalue weighted by Gasteiger charge is -2.15.